The maximum Gasteiger partial charge on any atom is 0.0937 e. The van der Waals surface area contributed by atoms with Gasteiger partial charge in [0, 0.05) is 40.3 Å². The van der Waals surface area contributed by atoms with Crippen molar-refractivity contribution in [3.05, 3.63) is 38.5 Å². The number of hydrogen-bond acceptors (Lipinski definition) is 4. The van der Waals surface area contributed by atoms with Crippen molar-refractivity contribution in [1.82, 2.24) is 10.3 Å². The molecule has 0 bridgehead atoms. The van der Waals surface area contributed by atoms with Gasteiger partial charge in [-0.15, -0.1) is 22.7 Å². The van der Waals surface area contributed by atoms with Crippen LogP contribution in [0, 0.1) is 6.92 Å². The molecule has 0 aromatic carbocycles. The molecule has 2 rings (SSSR count). The molecule has 0 aliphatic rings. The Kier molecular flexibility index (Phi) is 4.09. The van der Waals surface area contributed by atoms with Crippen molar-refractivity contribution in [2.45, 2.75) is 26.3 Å². The first-order valence-corrected chi connectivity index (χ1v) is 7.13. The largest absolute Gasteiger partial charge is 0.309 e. The third kappa shape index (κ3) is 3.14. The predicted molar refractivity (Wildman–Crippen MR) is 71.3 cm³/mol. The summed E-state index contributed by atoms with van der Waals surface area (Å²) in [5.41, 5.74) is 0. The summed E-state index contributed by atoms with van der Waals surface area (Å²) in [6.45, 7) is 5.36. The number of rotatable bonds is 5. The van der Waals surface area contributed by atoms with Gasteiger partial charge in [-0.05, 0) is 26.0 Å². The summed E-state index contributed by atoms with van der Waals surface area (Å²) in [6, 6.07) is 4.83. The van der Waals surface area contributed by atoms with Crippen molar-refractivity contribution in [2.24, 2.45) is 0 Å². The van der Waals surface area contributed by atoms with Gasteiger partial charge in [0.15, 0.2) is 0 Å². The molecule has 2 aromatic rings. The van der Waals surface area contributed by atoms with Crippen molar-refractivity contribution in [1.29, 1.82) is 0 Å². The van der Waals surface area contributed by atoms with Crippen LogP contribution in [0.3, 0.4) is 0 Å². The minimum atomic E-state index is 0.443. The van der Waals surface area contributed by atoms with Crippen LogP contribution in [0.5, 0.6) is 0 Å². The van der Waals surface area contributed by atoms with Crippen LogP contribution >= 0.6 is 22.7 Å². The molecule has 2 nitrogen and oxygen atoms in total. The number of aromatic nitrogens is 1. The molecule has 0 amide bonds. The number of thiazole rings is 1. The van der Waals surface area contributed by atoms with Gasteiger partial charge in [-0.1, -0.05) is 0 Å². The first-order valence-electron chi connectivity index (χ1n) is 5.44. The van der Waals surface area contributed by atoms with E-state index in [-0.39, 0.29) is 0 Å². The van der Waals surface area contributed by atoms with Gasteiger partial charge in [-0.2, -0.15) is 0 Å². The molecule has 0 fully saturated rings. The Morgan fingerprint density at radius 1 is 1.44 bits per heavy atom. The van der Waals surface area contributed by atoms with Gasteiger partial charge >= 0.3 is 0 Å². The Bertz CT molecular complexity index is 420. The first kappa shape index (κ1) is 11.8. The minimum Gasteiger partial charge on any atom is -0.309 e. The molecule has 0 spiro atoms. The Balaban J connectivity index is 1.78. The third-order valence-corrected chi connectivity index (χ3v) is 4.48. The topological polar surface area (TPSA) is 24.9 Å². The monoisotopic (exact) mass is 252 g/mol. The quantitative estimate of drug-likeness (QED) is 0.882. The number of nitrogens with one attached hydrogen (secondary N) is 1. The van der Waals surface area contributed by atoms with E-state index in [1.54, 1.807) is 11.3 Å². The van der Waals surface area contributed by atoms with Crippen LogP contribution in [0.2, 0.25) is 0 Å². The zero-order chi connectivity index (χ0) is 11.4. The van der Waals surface area contributed by atoms with Gasteiger partial charge in [-0.25, -0.2) is 4.98 Å². The van der Waals surface area contributed by atoms with Gasteiger partial charge in [0.1, 0.15) is 0 Å². The average Bonchev–Trinajstić information content (AvgIpc) is 2.89. The maximum atomic E-state index is 4.27. The molecule has 0 aliphatic heterocycles. The molecule has 0 aliphatic carbocycles. The molecule has 1 atom stereocenters. The highest BCUT2D eigenvalue weighted by atomic mass is 32.1. The van der Waals surface area contributed by atoms with E-state index in [4.69, 9.17) is 0 Å². The van der Waals surface area contributed by atoms with Crippen molar-refractivity contribution in [2.75, 3.05) is 6.54 Å². The lowest BCUT2D eigenvalue weighted by Crippen LogP contribution is -2.20. The molecule has 1 N–H and O–H groups in total. The number of hydrogen-bond donors (Lipinski definition) is 1. The van der Waals surface area contributed by atoms with Crippen molar-refractivity contribution >= 4 is 22.7 Å². The highest BCUT2D eigenvalue weighted by Gasteiger charge is 2.06. The summed E-state index contributed by atoms with van der Waals surface area (Å²) < 4.78 is 0. The standard InChI is InChI=1S/C12H16N2S2/c1-9-3-4-11(16-9)10(2)13-6-5-12-14-7-8-15-12/h3-4,7-8,10,13H,5-6H2,1-2H3. The molecule has 16 heavy (non-hydrogen) atoms. The molecule has 0 radical (unpaired) electrons. The summed E-state index contributed by atoms with van der Waals surface area (Å²) in [5.74, 6) is 0. The van der Waals surface area contributed by atoms with E-state index in [1.807, 2.05) is 22.9 Å². The Morgan fingerprint density at radius 2 is 2.31 bits per heavy atom. The van der Waals surface area contributed by atoms with E-state index >= 15 is 0 Å². The van der Waals surface area contributed by atoms with E-state index in [9.17, 15) is 0 Å². The van der Waals surface area contributed by atoms with Crippen molar-refractivity contribution < 1.29 is 0 Å². The summed E-state index contributed by atoms with van der Waals surface area (Å²) in [4.78, 5) is 7.06. The van der Waals surface area contributed by atoms with Crippen molar-refractivity contribution in [3.8, 4) is 0 Å². The second kappa shape index (κ2) is 5.57. The molecule has 2 heterocycles. The Labute approximate surface area is 104 Å². The van der Waals surface area contributed by atoms with E-state index in [0.717, 1.165) is 13.0 Å². The smallest absolute Gasteiger partial charge is 0.0937 e. The highest BCUT2D eigenvalue weighted by Crippen LogP contribution is 2.22. The number of aryl methyl sites for hydroxylation is 1. The molecule has 1 unspecified atom stereocenters. The van der Waals surface area contributed by atoms with Gasteiger partial charge in [-0.3, -0.25) is 0 Å². The fourth-order valence-corrected chi connectivity index (χ4v) is 3.08. The second-order valence-corrected chi connectivity index (χ2v) is 6.10. The van der Waals surface area contributed by atoms with Crippen LogP contribution < -0.4 is 5.32 Å². The molecule has 0 saturated heterocycles. The lowest BCUT2D eigenvalue weighted by Gasteiger charge is -2.10. The summed E-state index contributed by atoms with van der Waals surface area (Å²) in [5, 5.41) is 6.77. The highest BCUT2D eigenvalue weighted by molar-refractivity contribution is 7.12. The molecular formula is C12H16N2S2. The second-order valence-electron chi connectivity index (χ2n) is 3.80. The van der Waals surface area contributed by atoms with Gasteiger partial charge in [0.25, 0.3) is 0 Å². The lowest BCUT2D eigenvalue weighted by atomic mass is 10.2. The van der Waals surface area contributed by atoms with E-state index in [1.165, 1.54) is 14.8 Å². The summed E-state index contributed by atoms with van der Waals surface area (Å²) in [7, 11) is 0. The molecule has 4 heteroatoms. The van der Waals surface area contributed by atoms with Crippen molar-refractivity contribution in [3.63, 3.8) is 0 Å². The number of nitrogens with zero attached hydrogens (tertiary/aromatic N) is 1. The third-order valence-electron chi connectivity index (χ3n) is 2.46. The van der Waals surface area contributed by atoms with E-state index < -0.39 is 0 Å². The van der Waals surface area contributed by atoms with Gasteiger partial charge < -0.3 is 5.32 Å². The minimum absolute atomic E-state index is 0.443. The number of thiophene rings is 1. The van der Waals surface area contributed by atoms with Crippen LogP contribution in [-0.2, 0) is 6.42 Å². The summed E-state index contributed by atoms with van der Waals surface area (Å²) >= 11 is 3.59. The van der Waals surface area contributed by atoms with Crippen LogP contribution in [0.4, 0.5) is 0 Å². The predicted octanol–water partition coefficient (Wildman–Crippen LogP) is 3.41. The normalized spacial score (nSPS) is 12.9. The molecule has 0 saturated carbocycles. The first-order chi connectivity index (χ1) is 7.75. The van der Waals surface area contributed by atoms with E-state index in [0.29, 0.717) is 6.04 Å². The van der Waals surface area contributed by atoms with Crippen LogP contribution in [0.1, 0.15) is 27.7 Å². The van der Waals surface area contributed by atoms with Crippen LogP contribution in [-0.4, -0.2) is 11.5 Å². The zero-order valence-corrected chi connectivity index (χ0v) is 11.2. The van der Waals surface area contributed by atoms with Crippen LogP contribution in [0.25, 0.3) is 0 Å². The zero-order valence-electron chi connectivity index (χ0n) is 9.56. The van der Waals surface area contributed by atoms with Crippen LogP contribution in [0.15, 0.2) is 23.7 Å². The fourth-order valence-electron chi connectivity index (χ4n) is 1.56. The SMILES string of the molecule is Cc1ccc(C(C)NCCc2nccs2)s1. The molecule has 86 valence electrons. The Hall–Kier alpha value is -0.710. The van der Waals surface area contributed by atoms with Gasteiger partial charge in [0.2, 0.25) is 0 Å². The van der Waals surface area contributed by atoms with Gasteiger partial charge in [0.05, 0.1) is 5.01 Å². The average molecular weight is 252 g/mol. The maximum absolute atomic E-state index is 4.27. The van der Waals surface area contributed by atoms with E-state index in [2.05, 4.69) is 36.3 Å². The lowest BCUT2D eigenvalue weighted by molar-refractivity contribution is 0.584. The molecular weight excluding hydrogens is 236 g/mol. The fraction of sp³-hybridized carbons (Fsp3) is 0.417. The molecule has 2 aromatic heterocycles. The summed E-state index contributed by atoms with van der Waals surface area (Å²) in [6.07, 6.45) is 2.89. The Morgan fingerprint density at radius 3 is 2.94 bits per heavy atom.